The number of carbonyl (C=O) groups is 1. The summed E-state index contributed by atoms with van der Waals surface area (Å²) in [4.78, 5) is 11.9. The van der Waals surface area contributed by atoms with Gasteiger partial charge < -0.3 is 16.2 Å². The number of amides is 1. The summed E-state index contributed by atoms with van der Waals surface area (Å²) in [6, 6.07) is -0.151. The molecular formula is C11H22N2O2. The molecule has 0 radical (unpaired) electrons. The molecule has 0 aromatic heterocycles. The summed E-state index contributed by atoms with van der Waals surface area (Å²) in [6.45, 7) is 4.37. The predicted octanol–water partition coefficient (Wildman–Crippen LogP) is 0.248. The second-order valence-electron chi connectivity index (χ2n) is 4.84. The maximum atomic E-state index is 11.9. The molecule has 0 heterocycles. The molecule has 1 fully saturated rings. The minimum atomic E-state index is -0.345. The Bertz CT molecular complexity index is 219. The molecule has 1 aliphatic rings. The van der Waals surface area contributed by atoms with Crippen molar-refractivity contribution >= 4 is 5.91 Å². The highest BCUT2D eigenvalue weighted by Gasteiger charge is 2.43. The summed E-state index contributed by atoms with van der Waals surface area (Å²) >= 11 is 0. The molecule has 4 N–H and O–H groups in total. The molecular weight excluding hydrogens is 192 g/mol. The van der Waals surface area contributed by atoms with Gasteiger partial charge in [0.05, 0.1) is 18.1 Å². The van der Waals surface area contributed by atoms with Crippen molar-refractivity contribution in [2.24, 2.45) is 17.1 Å². The van der Waals surface area contributed by atoms with Crippen molar-refractivity contribution in [2.75, 3.05) is 13.2 Å². The predicted molar refractivity (Wildman–Crippen MR) is 59.2 cm³/mol. The van der Waals surface area contributed by atoms with Crippen molar-refractivity contribution in [1.29, 1.82) is 0 Å². The average molecular weight is 214 g/mol. The number of aliphatic hydroxyl groups excluding tert-OH is 1. The van der Waals surface area contributed by atoms with Crippen molar-refractivity contribution in [3.05, 3.63) is 0 Å². The minimum Gasteiger partial charge on any atom is -0.394 e. The number of aliphatic hydroxyl groups is 1. The van der Waals surface area contributed by atoms with Crippen LogP contribution in [-0.4, -0.2) is 30.2 Å². The van der Waals surface area contributed by atoms with Crippen LogP contribution in [0.25, 0.3) is 0 Å². The minimum absolute atomic E-state index is 0.00986. The van der Waals surface area contributed by atoms with Crippen LogP contribution in [-0.2, 0) is 4.79 Å². The van der Waals surface area contributed by atoms with Gasteiger partial charge in [0.15, 0.2) is 0 Å². The first-order chi connectivity index (χ1) is 7.05. The largest absolute Gasteiger partial charge is 0.394 e. The fourth-order valence-electron chi connectivity index (χ4n) is 1.87. The monoisotopic (exact) mass is 214 g/mol. The maximum Gasteiger partial charge on any atom is 0.227 e. The normalized spacial score (nSPS) is 20.9. The molecule has 0 aromatic rings. The Morgan fingerprint density at radius 1 is 1.53 bits per heavy atom. The second kappa shape index (κ2) is 4.94. The second-order valence-corrected chi connectivity index (χ2v) is 4.84. The van der Waals surface area contributed by atoms with Crippen LogP contribution in [0.1, 0.15) is 33.1 Å². The molecule has 1 saturated carbocycles. The van der Waals surface area contributed by atoms with E-state index >= 15 is 0 Å². The molecule has 1 aliphatic carbocycles. The molecule has 4 heteroatoms. The van der Waals surface area contributed by atoms with Crippen LogP contribution in [0.5, 0.6) is 0 Å². The summed E-state index contributed by atoms with van der Waals surface area (Å²) < 4.78 is 0. The summed E-state index contributed by atoms with van der Waals surface area (Å²) in [5, 5.41) is 12.0. The lowest BCUT2D eigenvalue weighted by Gasteiger charge is -2.40. The van der Waals surface area contributed by atoms with E-state index in [0.29, 0.717) is 6.54 Å². The van der Waals surface area contributed by atoms with Gasteiger partial charge in [0.25, 0.3) is 0 Å². The lowest BCUT2D eigenvalue weighted by Crippen LogP contribution is -2.54. The molecule has 1 amide bonds. The summed E-state index contributed by atoms with van der Waals surface area (Å²) in [6.07, 6.45) is 2.84. The van der Waals surface area contributed by atoms with E-state index in [1.54, 1.807) is 0 Å². The molecule has 0 aromatic carbocycles. The van der Waals surface area contributed by atoms with Crippen LogP contribution in [0.2, 0.25) is 0 Å². The van der Waals surface area contributed by atoms with Gasteiger partial charge in [-0.05, 0) is 18.8 Å². The number of hydrogen-bond donors (Lipinski definition) is 3. The first-order valence-electron chi connectivity index (χ1n) is 5.67. The fourth-order valence-corrected chi connectivity index (χ4v) is 1.87. The summed E-state index contributed by atoms with van der Waals surface area (Å²) in [5.74, 6) is 0.262. The summed E-state index contributed by atoms with van der Waals surface area (Å²) in [5.41, 5.74) is 5.29. The third kappa shape index (κ3) is 2.49. The van der Waals surface area contributed by atoms with Crippen molar-refractivity contribution in [1.82, 2.24) is 5.32 Å². The SMILES string of the molecule is CC(C)[C@@H](CO)NC(=O)C1(CN)CCC1. The van der Waals surface area contributed by atoms with Gasteiger partial charge in [-0.15, -0.1) is 0 Å². The lowest BCUT2D eigenvalue weighted by molar-refractivity contribution is -0.136. The zero-order valence-corrected chi connectivity index (χ0v) is 9.62. The van der Waals surface area contributed by atoms with Gasteiger partial charge in [0.1, 0.15) is 0 Å². The van der Waals surface area contributed by atoms with Crippen LogP contribution in [0, 0.1) is 11.3 Å². The van der Waals surface area contributed by atoms with E-state index in [4.69, 9.17) is 10.8 Å². The third-order valence-electron chi connectivity index (χ3n) is 3.50. The Labute approximate surface area is 91.2 Å². The van der Waals surface area contributed by atoms with Crippen molar-refractivity contribution < 1.29 is 9.90 Å². The first-order valence-corrected chi connectivity index (χ1v) is 5.67. The zero-order chi connectivity index (χ0) is 11.5. The smallest absolute Gasteiger partial charge is 0.227 e. The Hall–Kier alpha value is -0.610. The number of nitrogens with two attached hydrogens (primary N) is 1. The number of nitrogens with one attached hydrogen (secondary N) is 1. The van der Waals surface area contributed by atoms with E-state index in [0.717, 1.165) is 19.3 Å². The zero-order valence-electron chi connectivity index (χ0n) is 9.62. The third-order valence-corrected chi connectivity index (χ3v) is 3.50. The molecule has 1 rings (SSSR count). The van der Waals surface area contributed by atoms with Gasteiger partial charge in [0.2, 0.25) is 5.91 Å². The van der Waals surface area contributed by atoms with Crippen LogP contribution in [0.4, 0.5) is 0 Å². The van der Waals surface area contributed by atoms with Crippen LogP contribution in [0.15, 0.2) is 0 Å². The molecule has 0 aliphatic heterocycles. The molecule has 0 unspecified atom stereocenters. The van der Waals surface area contributed by atoms with Gasteiger partial charge in [-0.1, -0.05) is 20.3 Å². The molecule has 0 bridgehead atoms. The Morgan fingerprint density at radius 3 is 2.40 bits per heavy atom. The molecule has 88 valence electrons. The molecule has 1 atom stereocenters. The van der Waals surface area contributed by atoms with Gasteiger partial charge in [0, 0.05) is 6.54 Å². The van der Waals surface area contributed by atoms with E-state index in [1.807, 2.05) is 13.8 Å². The standard InChI is InChI=1S/C11H22N2O2/c1-8(2)9(6-14)13-10(15)11(7-12)4-3-5-11/h8-9,14H,3-7,12H2,1-2H3,(H,13,15)/t9-/m1/s1. The maximum absolute atomic E-state index is 11.9. The van der Waals surface area contributed by atoms with E-state index < -0.39 is 0 Å². The van der Waals surface area contributed by atoms with Crippen LogP contribution < -0.4 is 11.1 Å². The van der Waals surface area contributed by atoms with Crippen molar-refractivity contribution in [2.45, 2.75) is 39.2 Å². The van der Waals surface area contributed by atoms with Gasteiger partial charge in [-0.25, -0.2) is 0 Å². The Morgan fingerprint density at radius 2 is 2.13 bits per heavy atom. The Balaban J connectivity index is 2.53. The summed E-state index contributed by atoms with van der Waals surface area (Å²) in [7, 11) is 0. The van der Waals surface area contributed by atoms with E-state index in [1.165, 1.54) is 0 Å². The van der Waals surface area contributed by atoms with E-state index in [9.17, 15) is 4.79 Å². The topological polar surface area (TPSA) is 75.3 Å². The molecule has 0 spiro atoms. The van der Waals surface area contributed by atoms with Crippen molar-refractivity contribution in [3.8, 4) is 0 Å². The number of carbonyl (C=O) groups excluding carboxylic acids is 1. The fraction of sp³-hybridized carbons (Fsp3) is 0.909. The molecule has 15 heavy (non-hydrogen) atoms. The van der Waals surface area contributed by atoms with E-state index in [-0.39, 0.29) is 29.9 Å². The number of hydrogen-bond acceptors (Lipinski definition) is 3. The highest BCUT2D eigenvalue weighted by atomic mass is 16.3. The quantitative estimate of drug-likeness (QED) is 0.614. The van der Waals surface area contributed by atoms with Crippen molar-refractivity contribution in [3.63, 3.8) is 0 Å². The number of rotatable bonds is 5. The first kappa shape index (κ1) is 12.5. The highest BCUT2D eigenvalue weighted by Crippen LogP contribution is 2.40. The van der Waals surface area contributed by atoms with E-state index in [2.05, 4.69) is 5.32 Å². The highest BCUT2D eigenvalue weighted by molar-refractivity contribution is 5.84. The van der Waals surface area contributed by atoms with Crippen LogP contribution >= 0.6 is 0 Å². The molecule has 4 nitrogen and oxygen atoms in total. The van der Waals surface area contributed by atoms with Gasteiger partial charge in [-0.2, -0.15) is 0 Å². The molecule has 0 saturated heterocycles. The lowest BCUT2D eigenvalue weighted by atomic mass is 9.68. The average Bonchev–Trinajstić information content (AvgIpc) is 2.12. The van der Waals surface area contributed by atoms with Crippen LogP contribution in [0.3, 0.4) is 0 Å². The Kier molecular flexibility index (Phi) is 4.11. The van der Waals surface area contributed by atoms with Gasteiger partial charge >= 0.3 is 0 Å². The van der Waals surface area contributed by atoms with Gasteiger partial charge in [-0.3, -0.25) is 4.79 Å².